The molecular weight excluding hydrogens is 326 g/mol. The summed E-state index contributed by atoms with van der Waals surface area (Å²) in [7, 11) is 0. The normalized spacial score (nSPS) is 11.1. The molecule has 7 nitrogen and oxygen atoms in total. The highest BCUT2D eigenvalue weighted by molar-refractivity contribution is 7.98. The fourth-order valence-corrected chi connectivity index (χ4v) is 3.14. The molecule has 0 saturated heterocycles. The van der Waals surface area contributed by atoms with Crippen LogP contribution in [0.4, 0.5) is 0 Å². The van der Waals surface area contributed by atoms with E-state index in [1.165, 1.54) is 11.8 Å². The van der Waals surface area contributed by atoms with Gasteiger partial charge in [-0.25, -0.2) is 0 Å². The Morgan fingerprint density at radius 3 is 2.79 bits per heavy atom. The SMILES string of the molecule is CCCn1c(CO)nnc1SCc1nc(Cc2ccccc2)no1. The second-order valence-corrected chi connectivity index (χ2v) is 6.21. The third-order valence-corrected chi connectivity index (χ3v) is 4.37. The number of rotatable bonds is 8. The predicted molar refractivity (Wildman–Crippen MR) is 89.3 cm³/mol. The zero-order valence-electron chi connectivity index (χ0n) is 13.4. The fraction of sp³-hybridized carbons (Fsp3) is 0.375. The van der Waals surface area contributed by atoms with Crippen LogP contribution in [0.25, 0.3) is 0 Å². The van der Waals surface area contributed by atoms with Gasteiger partial charge in [0.1, 0.15) is 6.61 Å². The fourth-order valence-electron chi connectivity index (χ4n) is 2.32. The maximum atomic E-state index is 9.31. The van der Waals surface area contributed by atoms with Crippen LogP contribution < -0.4 is 0 Å². The number of hydrogen-bond acceptors (Lipinski definition) is 7. The molecule has 0 amide bonds. The van der Waals surface area contributed by atoms with Gasteiger partial charge in [-0.2, -0.15) is 4.98 Å². The first-order valence-corrected chi connectivity index (χ1v) is 8.79. The highest BCUT2D eigenvalue weighted by atomic mass is 32.2. The van der Waals surface area contributed by atoms with E-state index >= 15 is 0 Å². The second kappa shape index (κ2) is 8.07. The van der Waals surface area contributed by atoms with Crippen molar-refractivity contribution in [2.75, 3.05) is 0 Å². The molecular formula is C16H19N5O2S. The maximum Gasteiger partial charge on any atom is 0.237 e. The number of nitrogens with zero attached hydrogens (tertiary/aromatic N) is 5. The minimum absolute atomic E-state index is 0.116. The molecule has 24 heavy (non-hydrogen) atoms. The Kier molecular flexibility index (Phi) is 5.60. The summed E-state index contributed by atoms with van der Waals surface area (Å²) in [5.74, 6) is 2.33. The summed E-state index contributed by atoms with van der Waals surface area (Å²) < 4.78 is 7.23. The number of hydrogen-bond donors (Lipinski definition) is 1. The topological polar surface area (TPSA) is 89.9 Å². The molecule has 0 aliphatic rings. The highest BCUT2D eigenvalue weighted by Crippen LogP contribution is 2.22. The van der Waals surface area contributed by atoms with E-state index in [1.807, 2.05) is 34.9 Å². The third kappa shape index (κ3) is 4.01. The molecule has 3 aromatic rings. The van der Waals surface area contributed by atoms with Crippen molar-refractivity contribution in [3.8, 4) is 0 Å². The molecule has 1 aromatic carbocycles. The molecule has 0 saturated carbocycles. The van der Waals surface area contributed by atoms with Crippen LogP contribution in [0.1, 0.15) is 36.4 Å². The van der Waals surface area contributed by atoms with Gasteiger partial charge in [0.25, 0.3) is 0 Å². The first kappa shape index (κ1) is 16.7. The van der Waals surface area contributed by atoms with E-state index in [0.29, 0.717) is 29.7 Å². The van der Waals surface area contributed by atoms with Crippen molar-refractivity contribution in [3.63, 3.8) is 0 Å². The molecule has 0 radical (unpaired) electrons. The molecule has 0 atom stereocenters. The van der Waals surface area contributed by atoms with Crippen LogP contribution in [0.15, 0.2) is 40.0 Å². The van der Waals surface area contributed by atoms with Gasteiger partial charge in [0.05, 0.1) is 5.75 Å². The minimum atomic E-state index is -0.116. The van der Waals surface area contributed by atoms with E-state index in [2.05, 4.69) is 27.3 Å². The first-order valence-electron chi connectivity index (χ1n) is 7.81. The first-order chi connectivity index (χ1) is 11.8. The molecule has 0 bridgehead atoms. The summed E-state index contributed by atoms with van der Waals surface area (Å²) >= 11 is 1.48. The van der Waals surface area contributed by atoms with Crippen LogP contribution in [-0.2, 0) is 25.3 Å². The van der Waals surface area contributed by atoms with Gasteiger partial charge in [-0.1, -0.05) is 54.2 Å². The number of thioether (sulfide) groups is 1. The van der Waals surface area contributed by atoms with Crippen LogP contribution in [0.3, 0.4) is 0 Å². The average Bonchev–Trinajstić information content (AvgIpc) is 3.21. The quantitative estimate of drug-likeness (QED) is 0.627. The summed E-state index contributed by atoms with van der Waals surface area (Å²) in [6, 6.07) is 10.0. The highest BCUT2D eigenvalue weighted by Gasteiger charge is 2.14. The van der Waals surface area contributed by atoms with Gasteiger partial charge in [0.15, 0.2) is 16.8 Å². The average molecular weight is 345 g/mol. The van der Waals surface area contributed by atoms with Gasteiger partial charge in [-0.05, 0) is 12.0 Å². The summed E-state index contributed by atoms with van der Waals surface area (Å²) in [6.07, 6.45) is 1.59. The minimum Gasteiger partial charge on any atom is -0.388 e. The zero-order chi connectivity index (χ0) is 16.8. The molecule has 8 heteroatoms. The Balaban J connectivity index is 1.62. The van der Waals surface area contributed by atoms with E-state index < -0.39 is 0 Å². The summed E-state index contributed by atoms with van der Waals surface area (Å²) in [5, 5.41) is 22.2. The zero-order valence-corrected chi connectivity index (χ0v) is 14.2. The van der Waals surface area contributed by atoms with Crippen molar-refractivity contribution in [3.05, 3.63) is 53.4 Å². The van der Waals surface area contributed by atoms with Crippen molar-refractivity contribution in [2.24, 2.45) is 0 Å². The molecule has 0 unspecified atom stereocenters. The van der Waals surface area contributed by atoms with E-state index in [-0.39, 0.29) is 6.61 Å². The number of benzene rings is 1. The lowest BCUT2D eigenvalue weighted by molar-refractivity contribution is 0.263. The van der Waals surface area contributed by atoms with Crippen molar-refractivity contribution in [1.82, 2.24) is 24.9 Å². The smallest absolute Gasteiger partial charge is 0.237 e. The van der Waals surface area contributed by atoms with Gasteiger partial charge in [0, 0.05) is 13.0 Å². The molecule has 0 aliphatic carbocycles. The molecule has 2 aromatic heterocycles. The number of aliphatic hydroxyl groups is 1. The Labute approximate surface area is 144 Å². The molecule has 0 spiro atoms. The van der Waals surface area contributed by atoms with Crippen LogP contribution in [0.5, 0.6) is 0 Å². The van der Waals surface area contributed by atoms with Crippen LogP contribution in [0, 0.1) is 0 Å². The van der Waals surface area contributed by atoms with Crippen molar-refractivity contribution in [2.45, 2.75) is 43.8 Å². The van der Waals surface area contributed by atoms with Crippen LogP contribution in [-0.4, -0.2) is 30.0 Å². The van der Waals surface area contributed by atoms with Crippen LogP contribution >= 0.6 is 11.8 Å². The van der Waals surface area contributed by atoms with E-state index in [9.17, 15) is 5.11 Å². The van der Waals surface area contributed by atoms with Gasteiger partial charge >= 0.3 is 0 Å². The molecule has 0 aliphatic heterocycles. The largest absolute Gasteiger partial charge is 0.388 e. The van der Waals surface area contributed by atoms with E-state index in [4.69, 9.17) is 4.52 Å². The van der Waals surface area contributed by atoms with E-state index in [0.717, 1.165) is 23.7 Å². The standard InChI is InChI=1S/C16H19N5O2S/c1-2-8-21-14(10-22)18-19-16(21)24-11-15-17-13(20-23-15)9-12-6-4-3-5-7-12/h3-7,22H,2,8-11H2,1H3. The van der Waals surface area contributed by atoms with Gasteiger partial charge in [-0.3, -0.25) is 0 Å². The molecule has 1 N–H and O–H groups in total. The van der Waals surface area contributed by atoms with Gasteiger partial charge in [0.2, 0.25) is 5.89 Å². The molecule has 3 rings (SSSR count). The maximum absolute atomic E-state index is 9.31. The predicted octanol–water partition coefficient (Wildman–Crippen LogP) is 2.45. The molecule has 126 valence electrons. The lowest BCUT2D eigenvalue weighted by atomic mass is 10.1. The van der Waals surface area contributed by atoms with Gasteiger partial charge < -0.3 is 14.2 Å². The number of aliphatic hydroxyl groups excluding tert-OH is 1. The lowest BCUT2D eigenvalue weighted by Crippen LogP contribution is -2.04. The molecule has 0 fully saturated rings. The Morgan fingerprint density at radius 2 is 2.04 bits per heavy atom. The second-order valence-electron chi connectivity index (χ2n) is 5.26. The Hall–Kier alpha value is -2.19. The lowest BCUT2D eigenvalue weighted by Gasteiger charge is -2.05. The Morgan fingerprint density at radius 1 is 1.21 bits per heavy atom. The van der Waals surface area contributed by atoms with Crippen molar-refractivity contribution < 1.29 is 9.63 Å². The van der Waals surface area contributed by atoms with Crippen molar-refractivity contribution in [1.29, 1.82) is 0 Å². The van der Waals surface area contributed by atoms with Crippen molar-refractivity contribution >= 4 is 11.8 Å². The number of aromatic nitrogens is 5. The summed E-state index contributed by atoms with van der Waals surface area (Å²) in [4.78, 5) is 4.42. The Bertz CT molecular complexity index is 772. The summed E-state index contributed by atoms with van der Waals surface area (Å²) in [5.41, 5.74) is 1.15. The third-order valence-electron chi connectivity index (χ3n) is 3.42. The van der Waals surface area contributed by atoms with Crippen LogP contribution in [0.2, 0.25) is 0 Å². The van der Waals surface area contributed by atoms with E-state index in [1.54, 1.807) is 0 Å². The molecule has 2 heterocycles. The summed E-state index contributed by atoms with van der Waals surface area (Å²) in [6.45, 7) is 2.73. The monoisotopic (exact) mass is 345 g/mol. The van der Waals surface area contributed by atoms with Gasteiger partial charge in [-0.15, -0.1) is 10.2 Å².